The monoisotopic (exact) mass is 310 g/mol. The van der Waals surface area contributed by atoms with Crippen LogP contribution in [0.5, 0.6) is 0 Å². The number of carbonyl (C=O) groups is 1. The van der Waals surface area contributed by atoms with E-state index in [1.165, 1.54) is 6.07 Å². The lowest BCUT2D eigenvalue weighted by molar-refractivity contribution is -0.134. The van der Waals surface area contributed by atoms with Crippen LogP contribution in [0.4, 0.5) is 4.39 Å². The average Bonchev–Trinajstić information content (AvgIpc) is 3.27. The summed E-state index contributed by atoms with van der Waals surface area (Å²) >= 11 is 6.08. The van der Waals surface area contributed by atoms with E-state index in [9.17, 15) is 9.18 Å². The van der Waals surface area contributed by atoms with E-state index >= 15 is 0 Å². The number of hydrogen-bond donors (Lipinski definition) is 1. The standard InChI is InChI=1S/C16H20ClFN2O/c17-13-2-1-3-14(18)15(13)11-8-12(11)16(21)20-6-4-10(9-19)5-7-20/h1-3,10-12H,4-9,19H2/t11-,12+/m0/s1. The first-order chi connectivity index (χ1) is 10.1. The average molecular weight is 311 g/mol. The molecule has 2 atom stereocenters. The fourth-order valence-electron chi connectivity index (χ4n) is 3.28. The van der Waals surface area contributed by atoms with Gasteiger partial charge in [0, 0.05) is 35.5 Å². The molecule has 0 spiro atoms. The minimum absolute atomic E-state index is 0.0570. The summed E-state index contributed by atoms with van der Waals surface area (Å²) in [5.41, 5.74) is 6.18. The first-order valence-corrected chi connectivity index (χ1v) is 7.92. The molecule has 1 aliphatic heterocycles. The summed E-state index contributed by atoms with van der Waals surface area (Å²) in [5, 5.41) is 0.428. The van der Waals surface area contributed by atoms with Crippen molar-refractivity contribution in [2.45, 2.75) is 25.2 Å². The number of hydrogen-bond acceptors (Lipinski definition) is 2. The summed E-state index contributed by atoms with van der Waals surface area (Å²) in [6.07, 6.45) is 2.65. The van der Waals surface area contributed by atoms with E-state index in [4.69, 9.17) is 17.3 Å². The largest absolute Gasteiger partial charge is 0.342 e. The fraction of sp³-hybridized carbons (Fsp3) is 0.562. The van der Waals surface area contributed by atoms with Crippen LogP contribution in [0.2, 0.25) is 5.02 Å². The highest BCUT2D eigenvalue weighted by Gasteiger charge is 2.48. The summed E-state index contributed by atoms with van der Waals surface area (Å²) in [7, 11) is 0. The number of nitrogens with zero attached hydrogens (tertiary/aromatic N) is 1. The zero-order valence-electron chi connectivity index (χ0n) is 11.9. The van der Waals surface area contributed by atoms with Gasteiger partial charge in [-0.05, 0) is 43.9 Å². The summed E-state index contributed by atoms with van der Waals surface area (Å²) in [6, 6.07) is 4.69. The van der Waals surface area contributed by atoms with Crippen LogP contribution >= 0.6 is 11.6 Å². The van der Waals surface area contributed by atoms with Crippen LogP contribution in [-0.2, 0) is 4.79 Å². The molecule has 1 heterocycles. The van der Waals surface area contributed by atoms with Gasteiger partial charge in [0.2, 0.25) is 5.91 Å². The van der Waals surface area contributed by atoms with E-state index < -0.39 is 0 Å². The van der Waals surface area contributed by atoms with E-state index in [0.29, 0.717) is 29.5 Å². The third-order valence-electron chi connectivity index (χ3n) is 4.74. The van der Waals surface area contributed by atoms with Crippen molar-refractivity contribution in [3.63, 3.8) is 0 Å². The first kappa shape index (κ1) is 14.8. The fourth-order valence-corrected chi connectivity index (χ4v) is 3.58. The second-order valence-electron chi connectivity index (χ2n) is 6.09. The molecule has 21 heavy (non-hydrogen) atoms. The van der Waals surface area contributed by atoms with Gasteiger partial charge in [-0.25, -0.2) is 4.39 Å². The molecule has 3 rings (SSSR count). The van der Waals surface area contributed by atoms with E-state index in [2.05, 4.69) is 0 Å². The Balaban J connectivity index is 1.64. The van der Waals surface area contributed by atoms with Crippen LogP contribution in [0.15, 0.2) is 18.2 Å². The molecule has 0 bridgehead atoms. The predicted octanol–water partition coefficient (Wildman–Crippen LogP) is 2.78. The van der Waals surface area contributed by atoms with Gasteiger partial charge in [-0.15, -0.1) is 0 Å². The zero-order chi connectivity index (χ0) is 15.0. The minimum atomic E-state index is -0.301. The van der Waals surface area contributed by atoms with Crippen molar-refractivity contribution in [1.82, 2.24) is 4.90 Å². The lowest BCUT2D eigenvalue weighted by Gasteiger charge is -2.31. The van der Waals surface area contributed by atoms with Gasteiger partial charge >= 0.3 is 0 Å². The lowest BCUT2D eigenvalue weighted by Crippen LogP contribution is -2.41. The number of rotatable bonds is 3. The van der Waals surface area contributed by atoms with E-state index in [-0.39, 0.29) is 23.6 Å². The van der Waals surface area contributed by atoms with Gasteiger partial charge in [0.25, 0.3) is 0 Å². The molecule has 3 nitrogen and oxygen atoms in total. The summed E-state index contributed by atoms with van der Waals surface area (Å²) in [4.78, 5) is 14.4. The van der Waals surface area contributed by atoms with Crippen molar-refractivity contribution >= 4 is 17.5 Å². The maximum Gasteiger partial charge on any atom is 0.226 e. The van der Waals surface area contributed by atoms with Crippen LogP contribution in [-0.4, -0.2) is 30.4 Å². The topological polar surface area (TPSA) is 46.3 Å². The number of amides is 1. The number of benzene rings is 1. The van der Waals surface area contributed by atoms with Gasteiger partial charge < -0.3 is 10.6 Å². The van der Waals surface area contributed by atoms with E-state index in [0.717, 1.165) is 25.9 Å². The lowest BCUT2D eigenvalue weighted by atomic mass is 9.96. The maximum absolute atomic E-state index is 13.9. The van der Waals surface area contributed by atoms with Gasteiger partial charge in [-0.1, -0.05) is 17.7 Å². The molecule has 1 aliphatic carbocycles. The molecule has 2 fully saturated rings. The normalized spacial score (nSPS) is 26.0. The van der Waals surface area contributed by atoms with Crippen LogP contribution in [0.1, 0.15) is 30.7 Å². The molecule has 114 valence electrons. The van der Waals surface area contributed by atoms with Crippen molar-refractivity contribution < 1.29 is 9.18 Å². The van der Waals surface area contributed by atoms with Crippen LogP contribution < -0.4 is 5.73 Å². The van der Waals surface area contributed by atoms with Crippen molar-refractivity contribution in [3.05, 3.63) is 34.6 Å². The predicted molar refractivity (Wildman–Crippen MR) is 80.6 cm³/mol. The molecular formula is C16H20ClFN2O. The number of carbonyl (C=O) groups excluding carboxylic acids is 1. The molecule has 0 radical (unpaired) electrons. The first-order valence-electron chi connectivity index (χ1n) is 7.54. The Morgan fingerprint density at radius 3 is 2.71 bits per heavy atom. The van der Waals surface area contributed by atoms with Crippen LogP contribution in [0, 0.1) is 17.7 Å². The van der Waals surface area contributed by atoms with Gasteiger partial charge in [0.1, 0.15) is 5.82 Å². The molecule has 0 unspecified atom stereocenters. The van der Waals surface area contributed by atoms with Gasteiger partial charge in [-0.2, -0.15) is 0 Å². The number of halogens is 2. The van der Waals surface area contributed by atoms with Gasteiger partial charge in [-0.3, -0.25) is 4.79 Å². The summed E-state index contributed by atoms with van der Waals surface area (Å²) < 4.78 is 13.9. The molecule has 2 aliphatic rings. The summed E-state index contributed by atoms with van der Waals surface area (Å²) in [5.74, 6) is 0.219. The molecule has 1 amide bonds. The van der Waals surface area contributed by atoms with Crippen LogP contribution in [0.3, 0.4) is 0 Å². The summed E-state index contributed by atoms with van der Waals surface area (Å²) in [6.45, 7) is 2.24. The van der Waals surface area contributed by atoms with Crippen molar-refractivity contribution in [2.24, 2.45) is 17.6 Å². The smallest absolute Gasteiger partial charge is 0.226 e. The number of piperidine rings is 1. The Bertz CT molecular complexity index is 523. The number of nitrogens with two attached hydrogens (primary N) is 1. The minimum Gasteiger partial charge on any atom is -0.342 e. The molecule has 0 aromatic heterocycles. The second kappa shape index (κ2) is 5.93. The van der Waals surface area contributed by atoms with Gasteiger partial charge in [0.15, 0.2) is 0 Å². The SMILES string of the molecule is NCC1CCN(C(=O)[C@@H]2C[C@@H]2c2c(F)cccc2Cl)CC1. The third kappa shape index (κ3) is 2.92. The number of likely N-dealkylation sites (tertiary alicyclic amines) is 1. The quantitative estimate of drug-likeness (QED) is 0.933. The van der Waals surface area contributed by atoms with Crippen molar-refractivity contribution in [2.75, 3.05) is 19.6 Å². The van der Waals surface area contributed by atoms with Crippen molar-refractivity contribution in [3.8, 4) is 0 Å². The Kier molecular flexibility index (Phi) is 4.18. The highest BCUT2D eigenvalue weighted by atomic mass is 35.5. The second-order valence-corrected chi connectivity index (χ2v) is 6.50. The van der Waals surface area contributed by atoms with Gasteiger partial charge in [0.05, 0.1) is 0 Å². The maximum atomic E-state index is 13.9. The highest BCUT2D eigenvalue weighted by Crippen LogP contribution is 2.51. The molecule has 1 aromatic rings. The third-order valence-corrected chi connectivity index (χ3v) is 5.07. The van der Waals surface area contributed by atoms with E-state index in [1.54, 1.807) is 12.1 Å². The van der Waals surface area contributed by atoms with E-state index in [1.807, 2.05) is 4.90 Å². The highest BCUT2D eigenvalue weighted by molar-refractivity contribution is 6.31. The van der Waals surface area contributed by atoms with Crippen LogP contribution in [0.25, 0.3) is 0 Å². The molecular weight excluding hydrogens is 291 g/mol. The molecule has 2 N–H and O–H groups in total. The molecule has 1 saturated heterocycles. The molecule has 1 aromatic carbocycles. The Hall–Kier alpha value is -1.13. The zero-order valence-corrected chi connectivity index (χ0v) is 12.7. The Morgan fingerprint density at radius 1 is 1.38 bits per heavy atom. The Labute approximate surface area is 129 Å². The Morgan fingerprint density at radius 2 is 2.10 bits per heavy atom. The molecule has 5 heteroatoms. The van der Waals surface area contributed by atoms with Crippen molar-refractivity contribution in [1.29, 1.82) is 0 Å². The molecule has 1 saturated carbocycles.